The van der Waals surface area contributed by atoms with Crippen molar-refractivity contribution in [1.29, 1.82) is 0 Å². The van der Waals surface area contributed by atoms with Crippen molar-refractivity contribution in [3.63, 3.8) is 0 Å². The number of hydrogen-bond donors (Lipinski definition) is 4. The first-order valence-corrected chi connectivity index (χ1v) is 4.84. The molecule has 5 N–H and O–H groups in total. The second kappa shape index (κ2) is 4.19. The molecular formula is C8H12N6O2. The summed E-state index contributed by atoms with van der Waals surface area (Å²) in [6.07, 6.45) is 3.30. The number of nitrogens with two attached hydrogens (primary N) is 1. The molecule has 0 fully saturated rings. The summed E-state index contributed by atoms with van der Waals surface area (Å²) in [5, 5.41) is 4.07. The van der Waals surface area contributed by atoms with Gasteiger partial charge in [-0.05, 0) is 12.8 Å². The van der Waals surface area contributed by atoms with Gasteiger partial charge in [0.15, 0.2) is 0 Å². The Bertz CT molecular complexity index is 426. The van der Waals surface area contributed by atoms with E-state index in [2.05, 4.69) is 16.0 Å². The van der Waals surface area contributed by atoms with Gasteiger partial charge in [0.2, 0.25) is 0 Å². The summed E-state index contributed by atoms with van der Waals surface area (Å²) < 4.78 is 1.79. The number of nitrogens with zero attached hydrogens (tertiary/aromatic N) is 2. The van der Waals surface area contributed by atoms with Gasteiger partial charge in [0.05, 0.1) is 17.5 Å². The fourth-order valence-corrected chi connectivity index (χ4v) is 1.67. The molecular weight excluding hydrogens is 212 g/mol. The van der Waals surface area contributed by atoms with Gasteiger partial charge < -0.3 is 0 Å². The molecule has 1 aliphatic heterocycles. The highest BCUT2D eigenvalue weighted by molar-refractivity contribution is 5.96. The van der Waals surface area contributed by atoms with Crippen LogP contribution in [0, 0.1) is 0 Å². The summed E-state index contributed by atoms with van der Waals surface area (Å²) in [5.41, 5.74) is 7.54. The van der Waals surface area contributed by atoms with Gasteiger partial charge in [0.1, 0.15) is 0 Å². The molecule has 8 heteroatoms. The van der Waals surface area contributed by atoms with Gasteiger partial charge in [-0.15, -0.1) is 0 Å². The Hall–Kier alpha value is -2.09. The molecule has 2 rings (SSSR count). The van der Waals surface area contributed by atoms with E-state index in [9.17, 15) is 9.59 Å². The lowest BCUT2D eigenvalue weighted by atomic mass is 10.2. The molecule has 2 heterocycles. The number of nitrogens with one attached hydrogen (secondary N) is 3. The molecule has 0 atom stereocenters. The Morgan fingerprint density at radius 1 is 1.44 bits per heavy atom. The Kier molecular flexibility index (Phi) is 2.73. The van der Waals surface area contributed by atoms with Crippen LogP contribution < -0.4 is 22.1 Å². The van der Waals surface area contributed by atoms with Gasteiger partial charge in [-0.1, -0.05) is 0 Å². The lowest BCUT2D eigenvalue weighted by molar-refractivity contribution is 0.0935. The van der Waals surface area contributed by atoms with E-state index in [4.69, 9.17) is 5.84 Å². The van der Waals surface area contributed by atoms with Crippen LogP contribution in [0.15, 0.2) is 6.20 Å². The highest BCUT2D eigenvalue weighted by Gasteiger charge is 2.20. The molecule has 16 heavy (non-hydrogen) atoms. The number of hydrogen-bond acceptors (Lipinski definition) is 4. The second-order valence-corrected chi connectivity index (χ2v) is 3.38. The second-order valence-electron chi connectivity index (χ2n) is 3.38. The number of aromatic nitrogens is 2. The first-order chi connectivity index (χ1) is 7.72. The molecule has 0 aromatic carbocycles. The van der Waals surface area contributed by atoms with E-state index < -0.39 is 11.9 Å². The van der Waals surface area contributed by atoms with Gasteiger partial charge in [-0.2, -0.15) is 5.10 Å². The standard InChI is InChI=1S/C8H12N6O2/c9-11-8(16)13-12-7(15)5-4-10-14-3-1-2-6(5)14/h4H,1-3,9H2,(H,12,15)(H2,11,13,16). The zero-order valence-corrected chi connectivity index (χ0v) is 8.49. The first-order valence-electron chi connectivity index (χ1n) is 4.84. The Balaban J connectivity index is 2.01. The molecule has 8 nitrogen and oxygen atoms in total. The van der Waals surface area contributed by atoms with Gasteiger partial charge in [-0.3, -0.25) is 20.3 Å². The van der Waals surface area contributed by atoms with Crippen molar-refractivity contribution in [2.75, 3.05) is 0 Å². The molecule has 3 amide bonds. The van der Waals surface area contributed by atoms with Crippen LogP contribution in [0.2, 0.25) is 0 Å². The third-order valence-corrected chi connectivity index (χ3v) is 2.40. The smallest absolute Gasteiger partial charge is 0.275 e. The fourth-order valence-electron chi connectivity index (χ4n) is 1.67. The molecule has 0 unspecified atom stereocenters. The lowest BCUT2D eigenvalue weighted by Crippen LogP contribution is -2.49. The molecule has 1 aliphatic rings. The third-order valence-electron chi connectivity index (χ3n) is 2.40. The fraction of sp³-hybridized carbons (Fsp3) is 0.375. The quantitative estimate of drug-likeness (QED) is 0.268. The Morgan fingerprint density at radius 3 is 3.00 bits per heavy atom. The topological polar surface area (TPSA) is 114 Å². The van der Waals surface area contributed by atoms with Crippen molar-refractivity contribution in [2.24, 2.45) is 5.84 Å². The molecule has 1 aromatic rings. The van der Waals surface area contributed by atoms with E-state index in [1.54, 1.807) is 4.68 Å². The molecule has 0 radical (unpaired) electrons. The predicted molar refractivity (Wildman–Crippen MR) is 53.9 cm³/mol. The molecule has 86 valence electrons. The van der Waals surface area contributed by atoms with Crippen LogP contribution in [0.1, 0.15) is 22.5 Å². The number of amides is 3. The average Bonchev–Trinajstić information content (AvgIpc) is 2.86. The van der Waals surface area contributed by atoms with Gasteiger partial charge in [0, 0.05) is 6.54 Å². The molecule has 0 saturated heterocycles. The summed E-state index contributed by atoms with van der Waals surface area (Å²) >= 11 is 0. The SMILES string of the molecule is NNC(=O)NNC(=O)c1cnn2c1CCC2. The van der Waals surface area contributed by atoms with Crippen molar-refractivity contribution in [3.8, 4) is 0 Å². The maximum Gasteiger partial charge on any atom is 0.347 e. The molecule has 0 saturated carbocycles. The van der Waals surface area contributed by atoms with E-state index in [0.717, 1.165) is 25.1 Å². The van der Waals surface area contributed by atoms with E-state index >= 15 is 0 Å². The summed E-state index contributed by atoms with van der Waals surface area (Å²) in [7, 11) is 0. The summed E-state index contributed by atoms with van der Waals surface area (Å²) in [6, 6.07) is -0.683. The van der Waals surface area contributed by atoms with E-state index in [1.807, 2.05) is 5.43 Å². The van der Waals surface area contributed by atoms with Crippen molar-refractivity contribution >= 4 is 11.9 Å². The number of hydrazine groups is 2. The Morgan fingerprint density at radius 2 is 2.25 bits per heavy atom. The minimum Gasteiger partial charge on any atom is -0.275 e. The van der Waals surface area contributed by atoms with Crippen molar-refractivity contribution < 1.29 is 9.59 Å². The number of aryl methyl sites for hydroxylation is 1. The maximum absolute atomic E-state index is 11.6. The highest BCUT2D eigenvalue weighted by Crippen LogP contribution is 2.17. The van der Waals surface area contributed by atoms with Crippen LogP contribution in [0.4, 0.5) is 4.79 Å². The van der Waals surface area contributed by atoms with E-state index in [0.29, 0.717) is 5.56 Å². The van der Waals surface area contributed by atoms with Crippen molar-refractivity contribution in [2.45, 2.75) is 19.4 Å². The van der Waals surface area contributed by atoms with E-state index in [1.165, 1.54) is 6.20 Å². The van der Waals surface area contributed by atoms with Crippen LogP contribution >= 0.6 is 0 Å². The number of fused-ring (bicyclic) bond motifs is 1. The minimum atomic E-state index is -0.683. The summed E-state index contributed by atoms with van der Waals surface area (Å²) in [4.78, 5) is 22.4. The normalized spacial score (nSPS) is 13.1. The van der Waals surface area contributed by atoms with Crippen molar-refractivity contribution in [3.05, 3.63) is 17.5 Å². The monoisotopic (exact) mass is 224 g/mol. The average molecular weight is 224 g/mol. The van der Waals surface area contributed by atoms with Crippen LogP contribution in [0.25, 0.3) is 0 Å². The number of urea groups is 1. The predicted octanol–water partition coefficient (Wildman–Crippen LogP) is -1.35. The molecule has 0 bridgehead atoms. The summed E-state index contributed by atoms with van der Waals surface area (Å²) in [5.74, 6) is 4.44. The minimum absolute atomic E-state index is 0.397. The van der Waals surface area contributed by atoms with Crippen LogP contribution in [0.5, 0.6) is 0 Å². The number of carbonyl (C=O) groups excluding carboxylic acids is 2. The van der Waals surface area contributed by atoms with E-state index in [-0.39, 0.29) is 0 Å². The van der Waals surface area contributed by atoms with Gasteiger partial charge in [0.25, 0.3) is 5.91 Å². The molecule has 0 spiro atoms. The van der Waals surface area contributed by atoms with Gasteiger partial charge >= 0.3 is 6.03 Å². The Labute approximate surface area is 91.1 Å². The number of carbonyl (C=O) groups is 2. The summed E-state index contributed by atoms with van der Waals surface area (Å²) in [6.45, 7) is 0.833. The van der Waals surface area contributed by atoms with Crippen molar-refractivity contribution in [1.82, 2.24) is 26.1 Å². The first kappa shape index (κ1) is 10.4. The largest absolute Gasteiger partial charge is 0.347 e. The number of rotatable bonds is 1. The highest BCUT2D eigenvalue weighted by atomic mass is 16.2. The zero-order valence-electron chi connectivity index (χ0n) is 8.49. The van der Waals surface area contributed by atoms with Crippen LogP contribution in [-0.4, -0.2) is 21.7 Å². The lowest BCUT2D eigenvalue weighted by Gasteiger charge is -2.05. The maximum atomic E-state index is 11.6. The van der Waals surface area contributed by atoms with Crippen LogP contribution in [-0.2, 0) is 13.0 Å². The third kappa shape index (κ3) is 1.82. The van der Waals surface area contributed by atoms with Gasteiger partial charge in [-0.25, -0.2) is 16.1 Å². The zero-order chi connectivity index (χ0) is 11.5. The molecule has 1 aromatic heterocycles. The molecule has 0 aliphatic carbocycles. The van der Waals surface area contributed by atoms with Crippen LogP contribution in [0.3, 0.4) is 0 Å².